The smallest absolute Gasteiger partial charge is 0.160 e. The molecule has 0 fully saturated rings. The van der Waals surface area contributed by atoms with E-state index < -0.39 is 0 Å². The van der Waals surface area contributed by atoms with Gasteiger partial charge in [0.2, 0.25) is 0 Å². The zero-order valence-corrected chi connectivity index (χ0v) is 33.0. The predicted molar refractivity (Wildman–Crippen MR) is 250 cm³/mol. The van der Waals surface area contributed by atoms with Crippen molar-refractivity contribution in [1.82, 2.24) is 15.0 Å². The van der Waals surface area contributed by atoms with Crippen LogP contribution < -0.4 is 0 Å². The van der Waals surface area contributed by atoms with Crippen LogP contribution in [-0.2, 0) is 0 Å². The van der Waals surface area contributed by atoms with Gasteiger partial charge >= 0.3 is 0 Å². The molecule has 4 aromatic heterocycles. The van der Waals surface area contributed by atoms with Gasteiger partial charge < -0.3 is 4.42 Å². The molecular formula is C55H33N3OS. The lowest BCUT2D eigenvalue weighted by molar-refractivity contribution is 0.670. The summed E-state index contributed by atoms with van der Waals surface area (Å²) in [5, 5.41) is 5.89. The normalized spacial score (nSPS) is 11.7. The highest BCUT2D eigenvalue weighted by molar-refractivity contribution is 7.25. The summed E-state index contributed by atoms with van der Waals surface area (Å²) >= 11 is 1.84. The van der Waals surface area contributed by atoms with E-state index in [9.17, 15) is 0 Å². The lowest BCUT2D eigenvalue weighted by atomic mass is 9.92. The molecule has 0 aliphatic rings. The largest absolute Gasteiger partial charge is 0.455 e. The molecule has 0 radical (unpaired) electrons. The first-order chi connectivity index (χ1) is 29.7. The van der Waals surface area contributed by atoms with Gasteiger partial charge in [-0.1, -0.05) is 158 Å². The summed E-state index contributed by atoms with van der Waals surface area (Å²) in [7, 11) is 0. The number of furan rings is 1. The minimum absolute atomic E-state index is 0.675. The molecule has 280 valence electrons. The van der Waals surface area contributed by atoms with Gasteiger partial charge in [-0.2, -0.15) is 0 Å². The third kappa shape index (κ3) is 5.70. The Morgan fingerprint density at radius 2 is 1.02 bits per heavy atom. The molecule has 0 saturated carbocycles. The number of nitrogens with zero attached hydrogens (tertiary/aromatic N) is 3. The van der Waals surface area contributed by atoms with Crippen molar-refractivity contribution >= 4 is 64.4 Å². The van der Waals surface area contributed by atoms with E-state index in [1.807, 2.05) is 47.9 Å². The SMILES string of the molecule is c1ccc(-c2cc(-c3ccc(-c4ccc(-c5cccc6sc7ccccc7c56)c5oc6ccccc6c45)cc3)nc(-c3ccc(-c4cccc5cccnc45)cc3)n2)cc1. The maximum absolute atomic E-state index is 6.78. The van der Waals surface area contributed by atoms with E-state index in [-0.39, 0.29) is 0 Å². The number of rotatable bonds is 6. The molecule has 4 nitrogen and oxygen atoms in total. The molecule has 0 aliphatic carbocycles. The number of fused-ring (bicyclic) bond motifs is 7. The van der Waals surface area contributed by atoms with E-state index in [1.54, 1.807) is 0 Å². The van der Waals surface area contributed by atoms with Crippen molar-refractivity contribution in [3.8, 4) is 67.3 Å². The van der Waals surface area contributed by atoms with Crippen molar-refractivity contribution < 1.29 is 4.42 Å². The third-order valence-electron chi connectivity index (χ3n) is 11.6. The maximum atomic E-state index is 6.78. The Morgan fingerprint density at radius 3 is 1.85 bits per heavy atom. The molecule has 0 spiro atoms. The Kier molecular flexibility index (Phi) is 8.00. The summed E-state index contributed by atoms with van der Waals surface area (Å²) in [6.45, 7) is 0. The predicted octanol–water partition coefficient (Wildman–Crippen LogP) is 15.3. The van der Waals surface area contributed by atoms with Crippen molar-refractivity contribution in [3.63, 3.8) is 0 Å². The fraction of sp³-hybridized carbons (Fsp3) is 0. The van der Waals surface area contributed by atoms with Crippen LogP contribution >= 0.6 is 11.3 Å². The molecule has 12 rings (SSSR count). The Balaban J connectivity index is 0.959. The van der Waals surface area contributed by atoms with Gasteiger partial charge in [-0.3, -0.25) is 4.98 Å². The van der Waals surface area contributed by atoms with Gasteiger partial charge in [0.1, 0.15) is 11.2 Å². The number of aromatic nitrogens is 3. The van der Waals surface area contributed by atoms with Crippen molar-refractivity contribution in [2.45, 2.75) is 0 Å². The highest BCUT2D eigenvalue weighted by Gasteiger charge is 2.20. The molecule has 0 unspecified atom stereocenters. The van der Waals surface area contributed by atoms with Crippen LogP contribution in [0.4, 0.5) is 0 Å². The minimum atomic E-state index is 0.675. The highest BCUT2D eigenvalue weighted by Crippen LogP contribution is 2.46. The van der Waals surface area contributed by atoms with Crippen LogP contribution in [0.3, 0.4) is 0 Å². The lowest BCUT2D eigenvalue weighted by Gasteiger charge is -2.12. The second-order valence-electron chi connectivity index (χ2n) is 15.1. The molecule has 8 aromatic carbocycles. The van der Waals surface area contributed by atoms with E-state index in [0.717, 1.165) is 88.7 Å². The first kappa shape index (κ1) is 34.3. The van der Waals surface area contributed by atoms with Gasteiger partial charge in [-0.25, -0.2) is 9.97 Å². The Morgan fingerprint density at radius 1 is 0.400 bits per heavy atom. The van der Waals surface area contributed by atoms with Gasteiger partial charge in [-0.05, 0) is 58.7 Å². The van der Waals surface area contributed by atoms with Crippen LogP contribution in [0.1, 0.15) is 0 Å². The summed E-state index contributed by atoms with van der Waals surface area (Å²) < 4.78 is 9.34. The fourth-order valence-corrected chi connectivity index (χ4v) is 9.85. The average molecular weight is 784 g/mol. The summed E-state index contributed by atoms with van der Waals surface area (Å²) in [6.07, 6.45) is 1.85. The molecular weight excluding hydrogens is 751 g/mol. The zero-order chi connectivity index (χ0) is 39.6. The molecule has 0 N–H and O–H groups in total. The van der Waals surface area contributed by atoms with Gasteiger partial charge in [0.25, 0.3) is 0 Å². The second-order valence-corrected chi connectivity index (χ2v) is 16.2. The minimum Gasteiger partial charge on any atom is -0.455 e. The lowest BCUT2D eigenvalue weighted by Crippen LogP contribution is -1.96. The fourth-order valence-electron chi connectivity index (χ4n) is 8.72. The first-order valence-corrected chi connectivity index (χ1v) is 20.9. The molecule has 60 heavy (non-hydrogen) atoms. The van der Waals surface area contributed by atoms with Crippen LogP contribution in [0.5, 0.6) is 0 Å². The van der Waals surface area contributed by atoms with E-state index in [0.29, 0.717) is 5.82 Å². The molecule has 0 saturated heterocycles. The quantitative estimate of drug-likeness (QED) is 0.169. The van der Waals surface area contributed by atoms with Crippen molar-refractivity contribution in [1.29, 1.82) is 0 Å². The number of benzene rings is 8. The van der Waals surface area contributed by atoms with Crippen LogP contribution in [0.15, 0.2) is 205 Å². The molecule has 12 aromatic rings. The number of para-hydroxylation sites is 2. The average Bonchev–Trinajstić information content (AvgIpc) is 3.91. The first-order valence-electron chi connectivity index (χ1n) is 20.1. The molecule has 4 heterocycles. The van der Waals surface area contributed by atoms with Crippen LogP contribution in [0, 0.1) is 0 Å². The highest BCUT2D eigenvalue weighted by atomic mass is 32.1. The molecule has 0 amide bonds. The Hall–Kier alpha value is -7.73. The molecule has 0 bridgehead atoms. The zero-order valence-electron chi connectivity index (χ0n) is 32.2. The summed E-state index contributed by atoms with van der Waals surface area (Å²) in [5.74, 6) is 0.675. The summed E-state index contributed by atoms with van der Waals surface area (Å²) in [4.78, 5) is 15.0. The topological polar surface area (TPSA) is 51.8 Å². The van der Waals surface area contributed by atoms with Crippen LogP contribution in [-0.4, -0.2) is 15.0 Å². The van der Waals surface area contributed by atoms with Gasteiger partial charge in [0.05, 0.1) is 16.9 Å². The monoisotopic (exact) mass is 783 g/mol. The third-order valence-corrected chi connectivity index (χ3v) is 12.7. The second kappa shape index (κ2) is 14.0. The van der Waals surface area contributed by atoms with E-state index in [1.165, 1.54) is 25.7 Å². The van der Waals surface area contributed by atoms with Crippen molar-refractivity contribution in [2.24, 2.45) is 0 Å². The molecule has 5 heteroatoms. The maximum Gasteiger partial charge on any atom is 0.160 e. The summed E-state index contributed by atoms with van der Waals surface area (Å²) in [5.41, 5.74) is 14.2. The van der Waals surface area contributed by atoms with Gasteiger partial charge in [0, 0.05) is 70.3 Å². The number of hydrogen-bond acceptors (Lipinski definition) is 5. The molecule has 0 atom stereocenters. The van der Waals surface area contributed by atoms with E-state index >= 15 is 0 Å². The van der Waals surface area contributed by atoms with Crippen LogP contribution in [0.2, 0.25) is 0 Å². The number of thiophene rings is 1. The molecule has 0 aliphatic heterocycles. The van der Waals surface area contributed by atoms with Gasteiger partial charge in [-0.15, -0.1) is 11.3 Å². The Labute approximate surface area is 349 Å². The summed E-state index contributed by atoms with van der Waals surface area (Å²) in [6, 6.07) is 68.2. The Bertz CT molecular complexity index is 3580. The van der Waals surface area contributed by atoms with Crippen molar-refractivity contribution in [2.75, 3.05) is 0 Å². The standard InChI is InChI=1S/C55H33N3OS/c1-2-11-36(12-3-1)46-33-47(58-55(57-46)39-28-24-35(25-29-39)41-17-8-13-38-14-10-32-56-53(38)41)37-26-22-34(23-27-37)40-30-31-43(54-52(40)44-15-4-6-19-48(44)59-54)42-18-9-21-50-51(42)45-16-5-7-20-49(45)60-50/h1-33H. The van der Waals surface area contributed by atoms with E-state index in [2.05, 4.69) is 169 Å². The van der Waals surface area contributed by atoms with Crippen molar-refractivity contribution in [3.05, 3.63) is 200 Å². The van der Waals surface area contributed by atoms with Gasteiger partial charge in [0.15, 0.2) is 5.82 Å². The number of pyridine rings is 1. The van der Waals surface area contributed by atoms with Crippen LogP contribution in [0.25, 0.3) is 120 Å². The number of hydrogen-bond donors (Lipinski definition) is 0. The van der Waals surface area contributed by atoms with E-state index in [4.69, 9.17) is 14.4 Å².